The number of nitriles is 2. The first kappa shape index (κ1) is 17.7. The summed E-state index contributed by atoms with van der Waals surface area (Å²) >= 11 is 1.32. The first-order chi connectivity index (χ1) is 11.7. The van der Waals surface area contributed by atoms with E-state index in [-0.39, 0.29) is 0 Å². The number of carbonyl (C=O) groups excluding carboxylic acids is 1. The number of ether oxygens (including phenoxy) is 1. The van der Waals surface area contributed by atoms with Crippen molar-refractivity contribution >= 4 is 17.7 Å². The molecule has 2 unspecified atom stereocenters. The molecule has 1 aliphatic rings. The van der Waals surface area contributed by atoms with Gasteiger partial charge in [0.05, 0.1) is 35.3 Å². The monoisotopic (exact) mass is 339 g/mol. The summed E-state index contributed by atoms with van der Waals surface area (Å²) in [5.74, 6) is -0.893. The van der Waals surface area contributed by atoms with Crippen molar-refractivity contribution in [1.82, 2.24) is 5.32 Å². The SMILES string of the molecule is C=CCSC1=C(C#N)C(c2ccccc2OCC)C(C#N)C(=O)N1. The maximum Gasteiger partial charge on any atom is 0.243 e. The number of benzene rings is 1. The van der Waals surface area contributed by atoms with E-state index in [0.717, 1.165) is 0 Å². The minimum atomic E-state index is -0.977. The number of allylic oxidation sites excluding steroid dienone is 1. The van der Waals surface area contributed by atoms with E-state index in [9.17, 15) is 15.3 Å². The van der Waals surface area contributed by atoms with Gasteiger partial charge in [-0.1, -0.05) is 24.3 Å². The molecule has 5 nitrogen and oxygen atoms in total. The van der Waals surface area contributed by atoms with Gasteiger partial charge in [-0.25, -0.2) is 0 Å². The molecule has 2 atom stereocenters. The molecule has 6 heteroatoms. The Kier molecular flexibility index (Phi) is 6.06. The number of hydrogen-bond donors (Lipinski definition) is 1. The highest BCUT2D eigenvalue weighted by molar-refractivity contribution is 8.03. The molecule has 0 bridgehead atoms. The van der Waals surface area contributed by atoms with Gasteiger partial charge in [-0.3, -0.25) is 4.79 Å². The van der Waals surface area contributed by atoms with Gasteiger partial charge in [-0.15, -0.1) is 18.3 Å². The van der Waals surface area contributed by atoms with E-state index in [1.165, 1.54) is 11.8 Å². The summed E-state index contributed by atoms with van der Waals surface area (Å²) in [7, 11) is 0. The van der Waals surface area contributed by atoms with E-state index in [1.54, 1.807) is 18.2 Å². The smallest absolute Gasteiger partial charge is 0.243 e. The van der Waals surface area contributed by atoms with E-state index in [2.05, 4.69) is 18.0 Å². The lowest BCUT2D eigenvalue weighted by atomic mass is 9.79. The average molecular weight is 339 g/mol. The maximum absolute atomic E-state index is 12.4. The van der Waals surface area contributed by atoms with Gasteiger partial charge in [0.1, 0.15) is 11.7 Å². The highest BCUT2D eigenvalue weighted by Gasteiger charge is 2.40. The Hall–Kier alpha value is -2.70. The molecule has 0 spiro atoms. The van der Waals surface area contributed by atoms with Crippen LogP contribution in [0.5, 0.6) is 5.75 Å². The Morgan fingerprint density at radius 2 is 2.17 bits per heavy atom. The Balaban J connectivity index is 2.61. The van der Waals surface area contributed by atoms with Gasteiger partial charge in [0.25, 0.3) is 0 Å². The molecule has 1 aromatic rings. The lowest BCUT2D eigenvalue weighted by molar-refractivity contribution is -0.123. The molecule has 2 rings (SSSR count). The van der Waals surface area contributed by atoms with Crippen molar-refractivity contribution in [3.8, 4) is 17.9 Å². The minimum Gasteiger partial charge on any atom is -0.494 e. The van der Waals surface area contributed by atoms with Crippen LogP contribution in [0, 0.1) is 28.6 Å². The number of hydrogen-bond acceptors (Lipinski definition) is 5. The second-order valence-electron chi connectivity index (χ2n) is 5.00. The lowest BCUT2D eigenvalue weighted by Gasteiger charge is -2.29. The molecule has 1 aliphatic heterocycles. The van der Waals surface area contributed by atoms with Gasteiger partial charge >= 0.3 is 0 Å². The molecular weight excluding hydrogens is 322 g/mol. The quantitative estimate of drug-likeness (QED) is 0.805. The Labute approximate surface area is 145 Å². The molecule has 0 saturated heterocycles. The van der Waals surface area contributed by atoms with Crippen molar-refractivity contribution in [3.05, 3.63) is 53.1 Å². The van der Waals surface area contributed by atoms with Crippen LogP contribution >= 0.6 is 11.8 Å². The summed E-state index contributed by atoms with van der Waals surface area (Å²) in [4.78, 5) is 12.4. The van der Waals surface area contributed by atoms with Crippen molar-refractivity contribution in [2.45, 2.75) is 12.8 Å². The molecule has 24 heavy (non-hydrogen) atoms. The second-order valence-corrected chi connectivity index (χ2v) is 6.03. The number of amides is 1. The van der Waals surface area contributed by atoms with E-state index in [4.69, 9.17) is 4.74 Å². The summed E-state index contributed by atoms with van der Waals surface area (Å²) in [5.41, 5.74) is 1.05. The van der Waals surface area contributed by atoms with Crippen LogP contribution in [0.4, 0.5) is 0 Å². The normalized spacial score (nSPS) is 19.9. The van der Waals surface area contributed by atoms with E-state index in [1.807, 2.05) is 25.1 Å². The third-order valence-corrected chi connectivity index (χ3v) is 4.58. The number of nitrogens with one attached hydrogen (secondary N) is 1. The molecule has 122 valence electrons. The molecule has 0 aliphatic carbocycles. The Morgan fingerprint density at radius 1 is 1.42 bits per heavy atom. The molecular formula is C18H17N3O2S. The second kappa shape index (κ2) is 8.24. The standard InChI is InChI=1S/C18H17N3O2S/c1-3-9-24-18-14(11-20)16(13(10-19)17(22)21-18)12-7-5-6-8-15(12)23-4-2/h3,5-8,13,16H,1,4,9H2,2H3,(H,21,22). The lowest BCUT2D eigenvalue weighted by Crippen LogP contribution is -2.39. The molecule has 1 aromatic carbocycles. The fraction of sp³-hybridized carbons (Fsp3) is 0.278. The Morgan fingerprint density at radius 3 is 2.79 bits per heavy atom. The number of para-hydroxylation sites is 1. The summed E-state index contributed by atoms with van der Waals surface area (Å²) in [6.07, 6.45) is 1.69. The predicted molar refractivity (Wildman–Crippen MR) is 92.9 cm³/mol. The van der Waals surface area contributed by atoms with E-state index < -0.39 is 17.7 Å². The van der Waals surface area contributed by atoms with Crippen LogP contribution in [-0.2, 0) is 4.79 Å². The number of carbonyl (C=O) groups is 1. The van der Waals surface area contributed by atoms with Gasteiger partial charge in [0.2, 0.25) is 5.91 Å². The highest BCUT2D eigenvalue weighted by atomic mass is 32.2. The van der Waals surface area contributed by atoms with Crippen LogP contribution in [0.15, 0.2) is 47.5 Å². The molecule has 0 aromatic heterocycles. The average Bonchev–Trinajstić information content (AvgIpc) is 2.60. The van der Waals surface area contributed by atoms with Crippen molar-refractivity contribution in [2.75, 3.05) is 12.4 Å². The van der Waals surface area contributed by atoms with Crippen LogP contribution < -0.4 is 10.1 Å². The Bertz CT molecular complexity index is 758. The van der Waals surface area contributed by atoms with Crippen molar-refractivity contribution in [3.63, 3.8) is 0 Å². The topological polar surface area (TPSA) is 85.9 Å². The maximum atomic E-state index is 12.4. The van der Waals surface area contributed by atoms with Gasteiger partial charge in [-0.05, 0) is 13.0 Å². The summed E-state index contributed by atoms with van der Waals surface area (Å²) < 4.78 is 5.63. The van der Waals surface area contributed by atoms with Crippen LogP contribution in [0.3, 0.4) is 0 Å². The number of rotatable bonds is 6. The van der Waals surface area contributed by atoms with E-state index in [0.29, 0.717) is 34.3 Å². The predicted octanol–water partition coefficient (Wildman–Crippen LogP) is 3.09. The molecule has 1 heterocycles. The molecule has 0 radical (unpaired) electrons. The van der Waals surface area contributed by atoms with Crippen LogP contribution in [-0.4, -0.2) is 18.3 Å². The third-order valence-electron chi connectivity index (χ3n) is 3.57. The number of thioether (sulfide) groups is 1. The van der Waals surface area contributed by atoms with Crippen LogP contribution in [0.1, 0.15) is 18.4 Å². The van der Waals surface area contributed by atoms with E-state index >= 15 is 0 Å². The molecule has 0 fully saturated rings. The fourth-order valence-electron chi connectivity index (χ4n) is 2.59. The van der Waals surface area contributed by atoms with Gasteiger partial charge < -0.3 is 10.1 Å². The van der Waals surface area contributed by atoms with Gasteiger partial charge in [0, 0.05) is 11.3 Å². The van der Waals surface area contributed by atoms with Gasteiger partial charge in [-0.2, -0.15) is 10.5 Å². The fourth-order valence-corrected chi connectivity index (χ4v) is 3.37. The van der Waals surface area contributed by atoms with Crippen molar-refractivity contribution in [2.24, 2.45) is 5.92 Å². The first-order valence-corrected chi connectivity index (χ1v) is 8.46. The summed E-state index contributed by atoms with van der Waals surface area (Å²) in [6.45, 7) is 5.97. The van der Waals surface area contributed by atoms with Gasteiger partial charge in [0.15, 0.2) is 0 Å². The zero-order chi connectivity index (χ0) is 17.5. The largest absolute Gasteiger partial charge is 0.494 e. The molecule has 1 N–H and O–H groups in total. The van der Waals surface area contributed by atoms with Crippen LogP contribution in [0.25, 0.3) is 0 Å². The zero-order valence-corrected chi connectivity index (χ0v) is 14.1. The zero-order valence-electron chi connectivity index (χ0n) is 13.3. The van der Waals surface area contributed by atoms with Crippen molar-refractivity contribution in [1.29, 1.82) is 10.5 Å². The van der Waals surface area contributed by atoms with Crippen LogP contribution in [0.2, 0.25) is 0 Å². The number of nitrogens with zero attached hydrogens (tertiary/aromatic N) is 2. The minimum absolute atomic E-state index is 0.375. The highest BCUT2D eigenvalue weighted by Crippen LogP contribution is 2.42. The van der Waals surface area contributed by atoms with Crippen molar-refractivity contribution < 1.29 is 9.53 Å². The molecule has 1 amide bonds. The summed E-state index contributed by atoms with van der Waals surface area (Å²) in [5, 5.41) is 22.3. The molecule has 0 saturated carbocycles. The first-order valence-electron chi connectivity index (χ1n) is 7.48. The summed E-state index contributed by atoms with van der Waals surface area (Å²) in [6, 6.07) is 11.4. The third kappa shape index (κ3) is 3.45.